The van der Waals surface area contributed by atoms with E-state index in [4.69, 9.17) is 5.73 Å². The fraction of sp³-hybridized carbons (Fsp3) is 1.00. The Morgan fingerprint density at radius 2 is 1.92 bits per heavy atom. The molecular weight excluding hydrogens is 207 g/mol. The van der Waals surface area contributed by atoms with Crippen LogP contribution in [-0.2, 0) is 0 Å². The fourth-order valence-corrected chi connectivity index (χ4v) is 2.31. The Morgan fingerprint density at radius 1 is 1.31 bits per heavy atom. The standard InChI is InChI=1S/C9H18N2.2ClH/c1-11-7-9(4-5-9)3-2-8(11)6-10;;/h8H,2-7,10H2,1H3;2*1H. The van der Waals surface area contributed by atoms with Crippen molar-refractivity contribution in [2.45, 2.75) is 31.7 Å². The summed E-state index contributed by atoms with van der Waals surface area (Å²) in [6.07, 6.45) is 5.69. The third-order valence-electron chi connectivity index (χ3n) is 3.45. The third kappa shape index (κ3) is 2.72. The van der Waals surface area contributed by atoms with Gasteiger partial charge in [-0.3, -0.25) is 0 Å². The molecule has 0 radical (unpaired) electrons. The van der Waals surface area contributed by atoms with Crippen molar-refractivity contribution in [1.82, 2.24) is 4.90 Å². The zero-order valence-corrected chi connectivity index (χ0v) is 9.79. The maximum atomic E-state index is 5.66. The largest absolute Gasteiger partial charge is 0.329 e. The molecule has 2 N–H and O–H groups in total. The number of likely N-dealkylation sites (N-methyl/N-ethyl adjacent to an activating group) is 1. The van der Waals surface area contributed by atoms with Crippen LogP contribution < -0.4 is 5.73 Å². The summed E-state index contributed by atoms with van der Waals surface area (Å²) in [6, 6.07) is 0.668. The van der Waals surface area contributed by atoms with E-state index in [0.29, 0.717) is 6.04 Å². The first-order chi connectivity index (χ1) is 5.26. The summed E-state index contributed by atoms with van der Waals surface area (Å²) < 4.78 is 0. The van der Waals surface area contributed by atoms with Gasteiger partial charge in [0.2, 0.25) is 0 Å². The van der Waals surface area contributed by atoms with Crippen LogP contribution in [0.2, 0.25) is 0 Å². The molecule has 1 spiro atoms. The second-order valence-corrected chi connectivity index (χ2v) is 4.34. The van der Waals surface area contributed by atoms with Crippen LogP contribution in [0.3, 0.4) is 0 Å². The number of hydrogen-bond donors (Lipinski definition) is 1. The van der Waals surface area contributed by atoms with Gasteiger partial charge in [-0.25, -0.2) is 0 Å². The summed E-state index contributed by atoms with van der Waals surface area (Å²) >= 11 is 0. The maximum absolute atomic E-state index is 5.66. The number of piperidine rings is 1. The highest BCUT2D eigenvalue weighted by Gasteiger charge is 2.46. The lowest BCUT2D eigenvalue weighted by atomic mass is 9.91. The number of likely N-dealkylation sites (tertiary alicyclic amines) is 1. The van der Waals surface area contributed by atoms with E-state index in [1.807, 2.05) is 0 Å². The molecule has 13 heavy (non-hydrogen) atoms. The number of nitrogens with zero attached hydrogens (tertiary/aromatic N) is 1. The molecule has 1 aliphatic carbocycles. The molecule has 0 amide bonds. The van der Waals surface area contributed by atoms with E-state index in [-0.39, 0.29) is 24.8 Å². The van der Waals surface area contributed by atoms with Gasteiger partial charge >= 0.3 is 0 Å². The lowest BCUT2D eigenvalue weighted by Crippen LogP contribution is -2.45. The van der Waals surface area contributed by atoms with Gasteiger partial charge in [-0.15, -0.1) is 24.8 Å². The molecule has 1 saturated heterocycles. The van der Waals surface area contributed by atoms with Crippen LogP contribution in [0.1, 0.15) is 25.7 Å². The summed E-state index contributed by atoms with van der Waals surface area (Å²) in [6.45, 7) is 2.14. The molecule has 1 heterocycles. The smallest absolute Gasteiger partial charge is 0.0215 e. The Morgan fingerprint density at radius 3 is 2.31 bits per heavy atom. The van der Waals surface area contributed by atoms with Crippen LogP contribution in [0.5, 0.6) is 0 Å². The number of rotatable bonds is 1. The molecule has 2 fully saturated rings. The van der Waals surface area contributed by atoms with Crippen molar-refractivity contribution in [3.63, 3.8) is 0 Å². The molecule has 4 heteroatoms. The molecule has 1 saturated carbocycles. The Hall–Kier alpha value is 0.500. The van der Waals surface area contributed by atoms with Crippen LogP contribution >= 0.6 is 24.8 Å². The van der Waals surface area contributed by atoms with Crippen molar-refractivity contribution < 1.29 is 0 Å². The van der Waals surface area contributed by atoms with E-state index in [9.17, 15) is 0 Å². The van der Waals surface area contributed by atoms with E-state index in [1.165, 1.54) is 32.2 Å². The Labute approximate surface area is 93.1 Å². The highest BCUT2D eigenvalue weighted by atomic mass is 35.5. The predicted octanol–water partition coefficient (Wildman–Crippen LogP) is 1.66. The Kier molecular flexibility index (Phi) is 5.02. The number of nitrogens with two attached hydrogens (primary N) is 1. The van der Waals surface area contributed by atoms with Crippen LogP contribution in [0.4, 0.5) is 0 Å². The molecule has 1 unspecified atom stereocenters. The molecule has 2 nitrogen and oxygen atoms in total. The van der Waals surface area contributed by atoms with E-state index >= 15 is 0 Å². The third-order valence-corrected chi connectivity index (χ3v) is 3.45. The zero-order valence-electron chi connectivity index (χ0n) is 8.16. The van der Waals surface area contributed by atoms with Crippen LogP contribution in [0, 0.1) is 5.41 Å². The molecule has 0 aromatic heterocycles. The fourth-order valence-electron chi connectivity index (χ4n) is 2.31. The van der Waals surface area contributed by atoms with Crippen molar-refractivity contribution in [3.8, 4) is 0 Å². The summed E-state index contributed by atoms with van der Waals surface area (Å²) in [5, 5.41) is 0. The monoisotopic (exact) mass is 226 g/mol. The highest BCUT2D eigenvalue weighted by molar-refractivity contribution is 5.85. The molecule has 80 valence electrons. The molecular formula is C9H20Cl2N2. The predicted molar refractivity (Wildman–Crippen MR) is 60.9 cm³/mol. The minimum absolute atomic E-state index is 0. The van der Waals surface area contributed by atoms with Gasteiger partial charge in [0.05, 0.1) is 0 Å². The average Bonchev–Trinajstić information content (AvgIpc) is 2.70. The first-order valence-corrected chi connectivity index (χ1v) is 4.66. The van der Waals surface area contributed by atoms with E-state index in [2.05, 4.69) is 11.9 Å². The summed E-state index contributed by atoms with van der Waals surface area (Å²) in [7, 11) is 2.22. The first-order valence-electron chi connectivity index (χ1n) is 4.66. The van der Waals surface area contributed by atoms with Crippen molar-refractivity contribution in [2.75, 3.05) is 20.1 Å². The summed E-state index contributed by atoms with van der Waals surface area (Å²) in [5.74, 6) is 0. The van der Waals surface area contributed by atoms with Crippen molar-refractivity contribution in [1.29, 1.82) is 0 Å². The molecule has 2 aliphatic rings. The first kappa shape index (κ1) is 13.5. The van der Waals surface area contributed by atoms with Crippen LogP contribution in [0.15, 0.2) is 0 Å². The van der Waals surface area contributed by atoms with Gasteiger partial charge in [0, 0.05) is 19.1 Å². The summed E-state index contributed by atoms with van der Waals surface area (Å²) in [5.41, 5.74) is 6.41. The molecule has 1 aliphatic heterocycles. The minimum atomic E-state index is 0. The van der Waals surface area contributed by atoms with Gasteiger partial charge in [0.15, 0.2) is 0 Å². The van der Waals surface area contributed by atoms with Gasteiger partial charge in [-0.2, -0.15) is 0 Å². The number of hydrogen-bond acceptors (Lipinski definition) is 2. The van der Waals surface area contributed by atoms with Crippen molar-refractivity contribution in [3.05, 3.63) is 0 Å². The lowest BCUT2D eigenvalue weighted by molar-refractivity contribution is 0.130. The van der Waals surface area contributed by atoms with Gasteiger partial charge in [-0.1, -0.05) is 0 Å². The molecule has 2 rings (SSSR count). The molecule has 0 aromatic rings. The normalized spacial score (nSPS) is 30.5. The van der Waals surface area contributed by atoms with E-state index in [1.54, 1.807) is 0 Å². The zero-order chi connectivity index (χ0) is 7.90. The second-order valence-electron chi connectivity index (χ2n) is 4.34. The van der Waals surface area contributed by atoms with E-state index < -0.39 is 0 Å². The van der Waals surface area contributed by atoms with Gasteiger partial charge < -0.3 is 10.6 Å². The maximum Gasteiger partial charge on any atom is 0.0215 e. The Bertz CT molecular complexity index is 160. The number of halogens is 2. The van der Waals surface area contributed by atoms with E-state index in [0.717, 1.165) is 12.0 Å². The van der Waals surface area contributed by atoms with Gasteiger partial charge in [0.25, 0.3) is 0 Å². The average molecular weight is 227 g/mol. The lowest BCUT2D eigenvalue weighted by Gasteiger charge is -2.36. The quantitative estimate of drug-likeness (QED) is 0.738. The summed E-state index contributed by atoms with van der Waals surface area (Å²) in [4.78, 5) is 2.45. The molecule has 0 aromatic carbocycles. The van der Waals surface area contributed by atoms with Gasteiger partial charge in [0.1, 0.15) is 0 Å². The SMILES string of the molecule is CN1CC2(CCC1CN)CC2.Cl.Cl. The van der Waals surface area contributed by atoms with Crippen LogP contribution in [0.25, 0.3) is 0 Å². The van der Waals surface area contributed by atoms with Crippen molar-refractivity contribution >= 4 is 24.8 Å². The van der Waals surface area contributed by atoms with Crippen LogP contribution in [-0.4, -0.2) is 31.1 Å². The Balaban J connectivity index is 0.000000720. The molecule has 0 bridgehead atoms. The highest BCUT2D eigenvalue weighted by Crippen LogP contribution is 2.52. The van der Waals surface area contributed by atoms with Gasteiger partial charge in [-0.05, 0) is 38.1 Å². The second kappa shape index (κ2) is 4.83. The van der Waals surface area contributed by atoms with Crippen molar-refractivity contribution in [2.24, 2.45) is 11.1 Å². The molecule has 1 atom stereocenters. The minimum Gasteiger partial charge on any atom is -0.329 e. The topological polar surface area (TPSA) is 29.3 Å².